The predicted octanol–water partition coefficient (Wildman–Crippen LogP) is 21.1. The summed E-state index contributed by atoms with van der Waals surface area (Å²) in [7, 11) is 0. The number of hydrogen-bond donors (Lipinski definition) is 0. The van der Waals surface area contributed by atoms with E-state index in [2.05, 4.69) is 309 Å². The van der Waals surface area contributed by atoms with Gasteiger partial charge in [-0.1, -0.05) is 158 Å². The van der Waals surface area contributed by atoms with Gasteiger partial charge < -0.3 is 18.3 Å². The van der Waals surface area contributed by atoms with Gasteiger partial charge in [0, 0.05) is 82.5 Å². The van der Waals surface area contributed by atoms with Crippen molar-refractivity contribution in [3.05, 3.63) is 315 Å². The Morgan fingerprint density at radius 2 is 0.544 bits per heavy atom. The number of aromatic nitrogens is 6. The van der Waals surface area contributed by atoms with Crippen molar-refractivity contribution >= 4 is 87.2 Å². The maximum atomic E-state index is 9.76. The molecule has 0 atom stereocenters. The summed E-state index contributed by atoms with van der Waals surface area (Å²) in [5, 5.41) is 19.4. The molecule has 0 N–H and O–H groups in total. The van der Waals surface area contributed by atoms with Crippen LogP contribution in [0.2, 0.25) is 0 Å². The fourth-order valence-electron chi connectivity index (χ4n) is 14.0. The van der Waals surface area contributed by atoms with Crippen molar-refractivity contribution < 1.29 is 0 Å². The minimum atomic E-state index is 0.577. The Morgan fingerprint density at radius 3 is 0.956 bits per heavy atom. The number of nitriles is 1. The van der Waals surface area contributed by atoms with Gasteiger partial charge in [0.2, 0.25) is 0 Å². The lowest BCUT2D eigenvalue weighted by atomic mass is 10.0. The Hall–Kier alpha value is -12.4. The van der Waals surface area contributed by atoms with E-state index in [0.29, 0.717) is 11.4 Å². The van der Waals surface area contributed by atoms with Crippen LogP contribution in [0.3, 0.4) is 0 Å². The first-order valence-electron chi connectivity index (χ1n) is 30.4. The van der Waals surface area contributed by atoms with Crippen molar-refractivity contribution in [2.24, 2.45) is 0 Å². The van der Waals surface area contributed by atoms with E-state index < -0.39 is 0 Å². The van der Waals surface area contributed by atoms with Crippen LogP contribution in [-0.2, 0) is 0 Å². The van der Waals surface area contributed by atoms with Gasteiger partial charge in [0.15, 0.2) is 5.82 Å². The van der Waals surface area contributed by atoms with Crippen LogP contribution in [0.5, 0.6) is 0 Å². The number of fused-ring (bicyclic) bond motifs is 12. The maximum absolute atomic E-state index is 9.76. The van der Waals surface area contributed by atoms with Gasteiger partial charge in [-0.25, -0.2) is 9.97 Å². The molecule has 0 spiro atoms. The fraction of sp³-hybridized carbons (Fsp3) is 0. The highest BCUT2D eigenvalue weighted by Crippen LogP contribution is 2.42. The first-order chi connectivity index (χ1) is 44.6. The second-order valence-corrected chi connectivity index (χ2v) is 23.3. The van der Waals surface area contributed by atoms with E-state index in [9.17, 15) is 5.26 Å². The van der Waals surface area contributed by atoms with Crippen LogP contribution in [0.25, 0.3) is 166 Å². The van der Waals surface area contributed by atoms with Crippen LogP contribution in [0, 0.1) is 11.3 Å². The predicted molar refractivity (Wildman–Crippen MR) is 371 cm³/mol. The molecule has 0 aliphatic carbocycles. The van der Waals surface area contributed by atoms with Gasteiger partial charge in [0.25, 0.3) is 0 Å². The SMILES string of the molecule is N#Cc1ccc(-c2nc(-c3ccc(-n4c5ccccc5c5cc(-c6ccc7c(c6)c6ccccc6n7-c6ccccc6)ccc54)cc3)cc(-c3cccc(-n4c5ccccc5c5cc(-c6ccc7c(c6)c6ccccc6n7-c6ccccc6)ccc54)c3)n2)cc1. The third kappa shape index (κ3) is 8.13. The molecule has 0 amide bonds. The number of benzene rings is 13. The maximum Gasteiger partial charge on any atom is 0.160 e. The summed E-state index contributed by atoms with van der Waals surface area (Å²) in [6.07, 6.45) is 0. The summed E-state index contributed by atoms with van der Waals surface area (Å²) in [5.74, 6) is 0.577. The van der Waals surface area contributed by atoms with E-state index in [1.54, 1.807) is 0 Å². The molecule has 90 heavy (non-hydrogen) atoms. The molecule has 0 unspecified atom stereocenters. The zero-order valence-electron chi connectivity index (χ0n) is 48.6. The quantitative estimate of drug-likeness (QED) is 0.145. The Labute approximate surface area is 517 Å². The lowest BCUT2D eigenvalue weighted by molar-refractivity contribution is 1.16. The minimum absolute atomic E-state index is 0.577. The smallest absolute Gasteiger partial charge is 0.160 e. The van der Waals surface area contributed by atoms with Crippen molar-refractivity contribution in [3.63, 3.8) is 0 Å². The molecule has 418 valence electrons. The standard InChI is InChI=1S/C83H51N7/c84-52-53-30-32-55(33-31-53)83-85-73(54-34-40-63(41-35-54)89-77-28-13-9-24-67(77)71-49-58(38-44-81(71)89)56-36-42-79-69(47-56)65-22-7-11-26-75(65)87(79)61-17-3-1-4-18-61)51-74(86-83)60-16-15-21-64(46-60)90-78-29-14-10-25-68(78)72-50-59(39-45-82(72)90)57-37-43-80-70(48-57)66-23-8-12-27-76(66)88(80)62-19-5-2-6-20-62/h1-51H. The molecule has 18 aromatic rings. The van der Waals surface area contributed by atoms with Crippen molar-refractivity contribution in [2.45, 2.75) is 0 Å². The van der Waals surface area contributed by atoms with Gasteiger partial charge in [-0.05, 0) is 174 Å². The summed E-state index contributed by atoms with van der Waals surface area (Å²) < 4.78 is 9.47. The first kappa shape index (κ1) is 50.9. The molecule has 0 radical (unpaired) electrons. The van der Waals surface area contributed by atoms with Crippen molar-refractivity contribution in [1.29, 1.82) is 5.26 Å². The molecule has 0 saturated carbocycles. The average molecular weight is 1150 g/mol. The largest absolute Gasteiger partial charge is 0.309 e. The highest BCUT2D eigenvalue weighted by Gasteiger charge is 2.21. The Balaban J connectivity index is 0.711. The Kier molecular flexibility index (Phi) is 11.5. The van der Waals surface area contributed by atoms with Gasteiger partial charge in [0.1, 0.15) is 0 Å². The summed E-state index contributed by atoms with van der Waals surface area (Å²) in [6.45, 7) is 0. The van der Waals surface area contributed by atoms with Crippen LogP contribution < -0.4 is 0 Å². The van der Waals surface area contributed by atoms with E-state index in [4.69, 9.17) is 9.97 Å². The van der Waals surface area contributed by atoms with Crippen LogP contribution in [0.1, 0.15) is 5.56 Å². The second kappa shape index (κ2) is 20.4. The Bertz CT molecular complexity index is 5960. The average Bonchev–Trinajstić information content (AvgIpc) is 2.05. The molecule has 5 heterocycles. The molecular formula is C83H51N7. The van der Waals surface area contributed by atoms with E-state index in [0.717, 1.165) is 78.5 Å². The fourth-order valence-corrected chi connectivity index (χ4v) is 14.0. The molecule has 5 aromatic heterocycles. The number of hydrogen-bond acceptors (Lipinski definition) is 3. The van der Waals surface area contributed by atoms with Gasteiger partial charge in [0.05, 0.1) is 67.2 Å². The summed E-state index contributed by atoms with van der Waals surface area (Å²) >= 11 is 0. The van der Waals surface area contributed by atoms with Crippen molar-refractivity contribution in [3.8, 4) is 85.0 Å². The summed E-state index contributed by atoms with van der Waals surface area (Å²) in [4.78, 5) is 10.6. The third-order valence-electron chi connectivity index (χ3n) is 18.2. The van der Waals surface area contributed by atoms with E-state index >= 15 is 0 Å². The zero-order valence-corrected chi connectivity index (χ0v) is 48.6. The van der Waals surface area contributed by atoms with Crippen molar-refractivity contribution in [1.82, 2.24) is 28.2 Å². The highest BCUT2D eigenvalue weighted by molar-refractivity contribution is 6.15. The third-order valence-corrected chi connectivity index (χ3v) is 18.2. The van der Waals surface area contributed by atoms with E-state index in [1.807, 2.05) is 24.3 Å². The van der Waals surface area contributed by atoms with Crippen LogP contribution in [0.4, 0.5) is 0 Å². The Morgan fingerprint density at radius 1 is 0.222 bits per heavy atom. The molecule has 0 aliphatic heterocycles. The molecule has 0 fully saturated rings. The van der Waals surface area contributed by atoms with E-state index in [1.165, 1.54) is 81.8 Å². The normalized spacial score (nSPS) is 11.8. The van der Waals surface area contributed by atoms with Crippen LogP contribution >= 0.6 is 0 Å². The van der Waals surface area contributed by atoms with Gasteiger partial charge in [-0.15, -0.1) is 0 Å². The van der Waals surface area contributed by atoms with Crippen LogP contribution in [-0.4, -0.2) is 28.2 Å². The van der Waals surface area contributed by atoms with E-state index in [-0.39, 0.29) is 0 Å². The number of para-hydroxylation sites is 6. The molecule has 18 rings (SSSR count). The number of rotatable bonds is 9. The lowest BCUT2D eigenvalue weighted by Crippen LogP contribution is -1.98. The van der Waals surface area contributed by atoms with Gasteiger partial charge in [-0.3, -0.25) is 0 Å². The minimum Gasteiger partial charge on any atom is -0.309 e. The topological polar surface area (TPSA) is 69.3 Å². The second-order valence-electron chi connectivity index (χ2n) is 23.3. The lowest BCUT2D eigenvalue weighted by Gasteiger charge is -2.13. The van der Waals surface area contributed by atoms with Crippen LogP contribution in [0.15, 0.2) is 309 Å². The summed E-state index contributed by atoms with van der Waals surface area (Å²) in [6, 6.07) is 113. The van der Waals surface area contributed by atoms with Gasteiger partial charge >= 0.3 is 0 Å². The molecule has 0 saturated heterocycles. The molecule has 7 heteroatoms. The highest BCUT2D eigenvalue weighted by atomic mass is 15.0. The molecule has 0 aliphatic rings. The zero-order chi connectivity index (χ0) is 59.4. The molecule has 7 nitrogen and oxygen atoms in total. The summed E-state index contributed by atoms with van der Waals surface area (Å²) in [5.41, 5.74) is 23.2. The monoisotopic (exact) mass is 1150 g/mol. The van der Waals surface area contributed by atoms with Crippen molar-refractivity contribution in [2.75, 3.05) is 0 Å². The molecular weight excluding hydrogens is 1090 g/mol. The number of nitrogens with zero attached hydrogens (tertiary/aromatic N) is 7. The first-order valence-corrected chi connectivity index (χ1v) is 30.4. The molecule has 13 aromatic carbocycles. The van der Waals surface area contributed by atoms with Gasteiger partial charge in [-0.2, -0.15) is 5.26 Å². The molecule has 0 bridgehead atoms.